The summed E-state index contributed by atoms with van der Waals surface area (Å²) < 4.78 is 20.4. The minimum Gasteiger partial charge on any atom is -0.489 e. The average Bonchev–Trinajstić information content (AvgIpc) is 3.27. The molecule has 2 aromatic carbocycles. The second kappa shape index (κ2) is 6.58. The highest BCUT2D eigenvalue weighted by Gasteiger charge is 2.20. The van der Waals surface area contributed by atoms with Crippen LogP contribution in [0.1, 0.15) is 24.0 Å². The van der Waals surface area contributed by atoms with E-state index in [0.717, 1.165) is 15.6 Å². The molecule has 0 spiro atoms. The predicted octanol–water partition coefficient (Wildman–Crippen LogP) is 4.42. The molecule has 2 nitrogen and oxygen atoms in total. The van der Waals surface area contributed by atoms with Crippen LogP contribution in [0.15, 0.2) is 46.9 Å². The molecule has 1 fully saturated rings. The van der Waals surface area contributed by atoms with Crippen molar-refractivity contribution in [2.24, 2.45) is 0 Å². The number of halogens is 2. The van der Waals surface area contributed by atoms with E-state index in [1.807, 2.05) is 30.3 Å². The van der Waals surface area contributed by atoms with E-state index < -0.39 is 0 Å². The van der Waals surface area contributed by atoms with E-state index in [9.17, 15) is 4.39 Å². The van der Waals surface area contributed by atoms with E-state index in [0.29, 0.717) is 24.9 Å². The lowest BCUT2D eigenvalue weighted by Gasteiger charge is -2.10. The van der Waals surface area contributed by atoms with Crippen LogP contribution in [0.25, 0.3) is 0 Å². The fraction of sp³-hybridized carbons (Fsp3) is 0.294. The third-order valence-electron chi connectivity index (χ3n) is 3.40. The molecule has 0 aromatic heterocycles. The van der Waals surface area contributed by atoms with Gasteiger partial charge in [0.1, 0.15) is 18.2 Å². The zero-order chi connectivity index (χ0) is 14.7. The van der Waals surface area contributed by atoms with Crippen molar-refractivity contribution < 1.29 is 9.13 Å². The summed E-state index contributed by atoms with van der Waals surface area (Å²) >= 11 is 3.43. The lowest BCUT2D eigenvalue weighted by Crippen LogP contribution is -2.15. The minimum atomic E-state index is -0.255. The van der Waals surface area contributed by atoms with Crippen molar-refractivity contribution in [3.8, 4) is 5.75 Å². The molecule has 0 saturated heterocycles. The third kappa shape index (κ3) is 4.55. The van der Waals surface area contributed by atoms with Crippen LogP contribution >= 0.6 is 15.9 Å². The van der Waals surface area contributed by atoms with Gasteiger partial charge in [0.05, 0.1) is 0 Å². The lowest BCUT2D eigenvalue weighted by molar-refractivity contribution is 0.304. The van der Waals surface area contributed by atoms with E-state index in [1.54, 1.807) is 6.07 Å². The van der Waals surface area contributed by atoms with Crippen molar-refractivity contribution in [1.29, 1.82) is 0 Å². The molecule has 1 saturated carbocycles. The van der Waals surface area contributed by atoms with Gasteiger partial charge in [-0.15, -0.1) is 0 Å². The fourth-order valence-electron chi connectivity index (χ4n) is 2.15. The maximum Gasteiger partial charge on any atom is 0.127 e. The fourth-order valence-corrected chi connectivity index (χ4v) is 2.60. The molecule has 0 aliphatic heterocycles. The number of benzene rings is 2. The van der Waals surface area contributed by atoms with Crippen molar-refractivity contribution in [1.82, 2.24) is 5.32 Å². The van der Waals surface area contributed by atoms with E-state index in [1.165, 1.54) is 18.9 Å². The van der Waals surface area contributed by atoms with Crippen LogP contribution in [0.4, 0.5) is 4.39 Å². The zero-order valence-corrected chi connectivity index (χ0v) is 13.2. The molecule has 110 valence electrons. The first kappa shape index (κ1) is 14.5. The van der Waals surface area contributed by atoms with Gasteiger partial charge in [0, 0.05) is 23.1 Å². The Morgan fingerprint density at radius 2 is 2.00 bits per heavy atom. The van der Waals surface area contributed by atoms with Gasteiger partial charge >= 0.3 is 0 Å². The average molecular weight is 350 g/mol. The molecule has 1 aliphatic carbocycles. The Morgan fingerprint density at radius 1 is 1.14 bits per heavy atom. The van der Waals surface area contributed by atoms with Crippen LogP contribution in [0, 0.1) is 5.82 Å². The molecule has 21 heavy (non-hydrogen) atoms. The monoisotopic (exact) mass is 349 g/mol. The molecule has 1 aliphatic rings. The molecular formula is C17H17BrFNO. The second-order valence-electron chi connectivity index (χ2n) is 5.37. The zero-order valence-electron chi connectivity index (χ0n) is 11.6. The van der Waals surface area contributed by atoms with Crippen LogP contribution in [0.2, 0.25) is 0 Å². The quantitative estimate of drug-likeness (QED) is 0.833. The SMILES string of the molecule is Fc1cc(CNC2CC2)cc(OCc2cccc(Br)c2)c1. The molecule has 0 amide bonds. The minimum absolute atomic E-state index is 0.255. The van der Waals surface area contributed by atoms with Crippen molar-refractivity contribution in [2.75, 3.05) is 0 Å². The third-order valence-corrected chi connectivity index (χ3v) is 3.89. The normalized spacial score (nSPS) is 14.2. The Kier molecular flexibility index (Phi) is 4.56. The summed E-state index contributed by atoms with van der Waals surface area (Å²) in [6.07, 6.45) is 2.45. The van der Waals surface area contributed by atoms with Gasteiger partial charge in [-0.1, -0.05) is 28.1 Å². The van der Waals surface area contributed by atoms with Crippen LogP contribution in [0.5, 0.6) is 5.75 Å². The van der Waals surface area contributed by atoms with Gasteiger partial charge in [-0.25, -0.2) is 4.39 Å². The molecule has 3 rings (SSSR count). The summed E-state index contributed by atoms with van der Waals surface area (Å²) in [6, 6.07) is 13.4. The first-order valence-electron chi connectivity index (χ1n) is 7.09. The van der Waals surface area contributed by atoms with Gasteiger partial charge < -0.3 is 10.1 Å². The first-order chi connectivity index (χ1) is 10.2. The van der Waals surface area contributed by atoms with Crippen molar-refractivity contribution in [3.63, 3.8) is 0 Å². The van der Waals surface area contributed by atoms with Gasteiger partial charge in [-0.3, -0.25) is 0 Å². The van der Waals surface area contributed by atoms with Gasteiger partial charge in [0.2, 0.25) is 0 Å². The largest absolute Gasteiger partial charge is 0.489 e. The van der Waals surface area contributed by atoms with Crippen LogP contribution in [0.3, 0.4) is 0 Å². The van der Waals surface area contributed by atoms with Crippen LogP contribution < -0.4 is 10.1 Å². The standard InChI is InChI=1S/C17H17BrFNO/c18-14-3-1-2-12(6-14)11-21-17-8-13(7-15(19)9-17)10-20-16-4-5-16/h1-3,6-9,16,20H,4-5,10-11H2. The Hall–Kier alpha value is -1.39. The highest BCUT2D eigenvalue weighted by molar-refractivity contribution is 9.10. The Labute approximate surface area is 132 Å². The predicted molar refractivity (Wildman–Crippen MR) is 84.7 cm³/mol. The van der Waals surface area contributed by atoms with Gasteiger partial charge in [-0.2, -0.15) is 0 Å². The molecule has 0 unspecified atom stereocenters. The van der Waals surface area contributed by atoms with Gasteiger partial charge in [-0.05, 0) is 48.2 Å². The van der Waals surface area contributed by atoms with Crippen molar-refractivity contribution in [3.05, 3.63) is 63.9 Å². The number of hydrogen-bond donors (Lipinski definition) is 1. The number of rotatable bonds is 6. The van der Waals surface area contributed by atoms with Gasteiger partial charge in [0.25, 0.3) is 0 Å². The lowest BCUT2D eigenvalue weighted by atomic mass is 10.2. The molecule has 0 heterocycles. The summed E-state index contributed by atoms with van der Waals surface area (Å²) in [4.78, 5) is 0. The molecular weight excluding hydrogens is 333 g/mol. The molecule has 0 atom stereocenters. The first-order valence-corrected chi connectivity index (χ1v) is 7.88. The highest BCUT2D eigenvalue weighted by atomic mass is 79.9. The number of nitrogens with one attached hydrogen (secondary N) is 1. The van der Waals surface area contributed by atoms with E-state index in [2.05, 4.69) is 21.2 Å². The van der Waals surface area contributed by atoms with E-state index in [-0.39, 0.29) is 5.82 Å². The van der Waals surface area contributed by atoms with Crippen molar-refractivity contribution in [2.45, 2.75) is 32.0 Å². The molecule has 0 bridgehead atoms. The van der Waals surface area contributed by atoms with Crippen molar-refractivity contribution >= 4 is 15.9 Å². The smallest absolute Gasteiger partial charge is 0.127 e. The van der Waals surface area contributed by atoms with E-state index >= 15 is 0 Å². The van der Waals surface area contributed by atoms with E-state index in [4.69, 9.17) is 4.74 Å². The Balaban J connectivity index is 1.63. The summed E-state index contributed by atoms with van der Waals surface area (Å²) in [5.41, 5.74) is 1.97. The molecule has 0 radical (unpaired) electrons. The molecule has 4 heteroatoms. The van der Waals surface area contributed by atoms with Gasteiger partial charge in [0.15, 0.2) is 0 Å². The maximum atomic E-state index is 13.6. The topological polar surface area (TPSA) is 21.3 Å². The summed E-state index contributed by atoms with van der Waals surface area (Å²) in [6.45, 7) is 1.12. The van der Waals surface area contributed by atoms with Crippen LogP contribution in [-0.2, 0) is 13.2 Å². The highest BCUT2D eigenvalue weighted by Crippen LogP contribution is 2.22. The summed E-state index contributed by atoms with van der Waals surface area (Å²) in [7, 11) is 0. The Bertz CT molecular complexity index is 628. The van der Waals surface area contributed by atoms with Crippen LogP contribution in [-0.4, -0.2) is 6.04 Å². The number of hydrogen-bond acceptors (Lipinski definition) is 2. The summed E-state index contributed by atoms with van der Waals surface area (Å²) in [5.74, 6) is 0.317. The molecule has 2 aromatic rings. The Morgan fingerprint density at radius 3 is 2.76 bits per heavy atom. The summed E-state index contributed by atoms with van der Waals surface area (Å²) in [5, 5.41) is 3.38. The second-order valence-corrected chi connectivity index (χ2v) is 6.28. The number of ether oxygens (including phenoxy) is 1. The molecule has 1 N–H and O–H groups in total. The maximum absolute atomic E-state index is 13.6.